The van der Waals surface area contributed by atoms with Crippen LogP contribution in [0, 0.1) is 0 Å². The highest BCUT2D eigenvalue weighted by Crippen LogP contribution is 1.97. The Morgan fingerprint density at radius 2 is 2.58 bits per heavy atom. The lowest BCUT2D eigenvalue weighted by atomic mass is 10.2. The van der Waals surface area contributed by atoms with Crippen LogP contribution < -0.4 is 10.6 Å². The maximum atomic E-state index is 3.67. The Hall–Kier alpha value is -0.380. The minimum atomic E-state index is 0.638. The van der Waals surface area contributed by atoms with Gasteiger partial charge in [-0.3, -0.25) is 4.90 Å². The Bertz CT molecular complexity index is 136. The minimum Gasteiger partial charge on any atom is -0.314 e. The van der Waals surface area contributed by atoms with E-state index >= 15 is 0 Å². The molecule has 0 saturated carbocycles. The van der Waals surface area contributed by atoms with Crippen molar-refractivity contribution in [1.82, 2.24) is 15.5 Å². The van der Waals surface area contributed by atoms with Gasteiger partial charge in [-0.25, -0.2) is 0 Å². The second kappa shape index (κ2) is 5.30. The lowest BCUT2D eigenvalue weighted by molar-refractivity contribution is 0.197. The maximum Gasteiger partial charge on any atom is 0.0342 e. The smallest absolute Gasteiger partial charge is 0.0342 e. The van der Waals surface area contributed by atoms with Gasteiger partial charge in [-0.1, -0.05) is 6.08 Å². The Kier molecular flexibility index (Phi) is 4.29. The lowest BCUT2D eigenvalue weighted by Gasteiger charge is -2.33. The normalized spacial score (nSPS) is 25.6. The van der Waals surface area contributed by atoms with Crippen LogP contribution in [0.3, 0.4) is 0 Å². The summed E-state index contributed by atoms with van der Waals surface area (Å²) in [4.78, 5) is 2.40. The van der Waals surface area contributed by atoms with Gasteiger partial charge in [-0.2, -0.15) is 0 Å². The Morgan fingerprint density at radius 3 is 3.25 bits per heavy atom. The molecule has 1 aliphatic rings. The molecule has 1 rings (SSSR count). The van der Waals surface area contributed by atoms with Crippen molar-refractivity contribution in [2.45, 2.75) is 6.04 Å². The van der Waals surface area contributed by atoms with E-state index in [2.05, 4.69) is 29.2 Å². The van der Waals surface area contributed by atoms with Gasteiger partial charge >= 0.3 is 0 Å². The van der Waals surface area contributed by atoms with Crippen molar-refractivity contribution in [3.63, 3.8) is 0 Å². The third-order valence-electron chi connectivity index (χ3n) is 2.31. The van der Waals surface area contributed by atoms with E-state index in [1.54, 1.807) is 0 Å². The lowest BCUT2D eigenvalue weighted by Crippen LogP contribution is -2.53. The predicted molar refractivity (Wildman–Crippen MR) is 52.4 cm³/mol. The zero-order chi connectivity index (χ0) is 8.81. The molecule has 1 aliphatic heterocycles. The van der Waals surface area contributed by atoms with Crippen molar-refractivity contribution in [3.05, 3.63) is 12.7 Å². The highest BCUT2D eigenvalue weighted by molar-refractivity contribution is 4.80. The van der Waals surface area contributed by atoms with Crippen LogP contribution in [0.4, 0.5) is 0 Å². The summed E-state index contributed by atoms with van der Waals surface area (Å²) < 4.78 is 0. The number of likely N-dealkylation sites (N-methyl/N-ethyl adjacent to an activating group) is 1. The van der Waals surface area contributed by atoms with Gasteiger partial charge in [0.2, 0.25) is 0 Å². The van der Waals surface area contributed by atoms with E-state index in [9.17, 15) is 0 Å². The molecule has 0 amide bonds. The first-order chi connectivity index (χ1) is 5.84. The first kappa shape index (κ1) is 9.71. The van der Waals surface area contributed by atoms with Crippen LogP contribution in [0.15, 0.2) is 12.7 Å². The first-order valence-electron chi connectivity index (χ1n) is 4.57. The molecule has 3 nitrogen and oxygen atoms in total. The summed E-state index contributed by atoms with van der Waals surface area (Å²) in [5, 5.41) is 6.72. The van der Waals surface area contributed by atoms with E-state index in [0.717, 1.165) is 32.7 Å². The molecule has 0 aliphatic carbocycles. The molecule has 0 aromatic heterocycles. The summed E-state index contributed by atoms with van der Waals surface area (Å²) in [6.07, 6.45) is 1.90. The van der Waals surface area contributed by atoms with E-state index in [4.69, 9.17) is 0 Å². The summed E-state index contributed by atoms with van der Waals surface area (Å²) in [5.41, 5.74) is 0. The van der Waals surface area contributed by atoms with Gasteiger partial charge in [0.15, 0.2) is 0 Å². The summed E-state index contributed by atoms with van der Waals surface area (Å²) in [6, 6.07) is 0.638. The molecule has 12 heavy (non-hydrogen) atoms. The topological polar surface area (TPSA) is 27.3 Å². The first-order valence-corrected chi connectivity index (χ1v) is 4.57. The van der Waals surface area contributed by atoms with Crippen molar-refractivity contribution in [2.24, 2.45) is 0 Å². The van der Waals surface area contributed by atoms with Gasteiger partial charge in [0.1, 0.15) is 0 Å². The SMILES string of the molecule is C=CCNCC1CNCCN1C. The number of nitrogens with zero attached hydrogens (tertiary/aromatic N) is 1. The summed E-state index contributed by atoms with van der Waals surface area (Å²) in [7, 11) is 2.18. The number of nitrogens with one attached hydrogen (secondary N) is 2. The van der Waals surface area contributed by atoms with Crippen molar-refractivity contribution in [2.75, 3.05) is 39.8 Å². The van der Waals surface area contributed by atoms with Crippen molar-refractivity contribution in [1.29, 1.82) is 0 Å². The zero-order valence-corrected chi connectivity index (χ0v) is 7.84. The average Bonchev–Trinajstić information content (AvgIpc) is 2.09. The van der Waals surface area contributed by atoms with Gasteiger partial charge in [-0.05, 0) is 7.05 Å². The van der Waals surface area contributed by atoms with Crippen molar-refractivity contribution >= 4 is 0 Å². The fourth-order valence-corrected chi connectivity index (χ4v) is 1.44. The van der Waals surface area contributed by atoms with E-state index in [0.29, 0.717) is 6.04 Å². The highest BCUT2D eigenvalue weighted by Gasteiger charge is 2.16. The number of rotatable bonds is 4. The molecule has 0 spiro atoms. The highest BCUT2D eigenvalue weighted by atomic mass is 15.2. The fourth-order valence-electron chi connectivity index (χ4n) is 1.44. The number of hydrogen-bond donors (Lipinski definition) is 2. The molecule has 1 atom stereocenters. The molecule has 0 radical (unpaired) electrons. The second-order valence-corrected chi connectivity index (χ2v) is 3.29. The van der Waals surface area contributed by atoms with Crippen LogP contribution >= 0.6 is 0 Å². The van der Waals surface area contributed by atoms with Gasteiger partial charge in [0, 0.05) is 38.8 Å². The quantitative estimate of drug-likeness (QED) is 0.445. The maximum absolute atomic E-state index is 3.67. The Balaban J connectivity index is 2.15. The fraction of sp³-hybridized carbons (Fsp3) is 0.778. The molecule has 2 N–H and O–H groups in total. The van der Waals surface area contributed by atoms with Crippen LogP contribution in [-0.4, -0.2) is 50.7 Å². The third-order valence-corrected chi connectivity index (χ3v) is 2.31. The average molecular weight is 169 g/mol. The molecule has 0 aromatic carbocycles. The molecule has 1 unspecified atom stereocenters. The van der Waals surface area contributed by atoms with E-state index in [1.165, 1.54) is 0 Å². The van der Waals surface area contributed by atoms with Gasteiger partial charge < -0.3 is 10.6 Å². The van der Waals surface area contributed by atoms with Gasteiger partial charge in [-0.15, -0.1) is 6.58 Å². The predicted octanol–water partition coefficient (Wildman–Crippen LogP) is -0.334. The minimum absolute atomic E-state index is 0.638. The molecular formula is C9H19N3. The molecule has 1 saturated heterocycles. The molecule has 0 bridgehead atoms. The van der Waals surface area contributed by atoms with E-state index in [1.807, 2.05) is 6.08 Å². The van der Waals surface area contributed by atoms with Gasteiger partial charge in [0.05, 0.1) is 0 Å². The molecule has 1 heterocycles. The van der Waals surface area contributed by atoms with Crippen LogP contribution in [0.1, 0.15) is 0 Å². The van der Waals surface area contributed by atoms with Crippen LogP contribution in [0.2, 0.25) is 0 Å². The van der Waals surface area contributed by atoms with Crippen LogP contribution in [0.25, 0.3) is 0 Å². The number of piperazine rings is 1. The zero-order valence-electron chi connectivity index (χ0n) is 7.84. The molecule has 3 heteroatoms. The third kappa shape index (κ3) is 2.93. The summed E-state index contributed by atoms with van der Waals surface area (Å²) in [5.74, 6) is 0. The summed E-state index contributed by atoms with van der Waals surface area (Å²) in [6.45, 7) is 9.00. The largest absolute Gasteiger partial charge is 0.314 e. The molecule has 1 fully saturated rings. The monoisotopic (exact) mass is 169 g/mol. The second-order valence-electron chi connectivity index (χ2n) is 3.29. The van der Waals surface area contributed by atoms with Crippen molar-refractivity contribution in [3.8, 4) is 0 Å². The molecular weight excluding hydrogens is 150 g/mol. The van der Waals surface area contributed by atoms with E-state index in [-0.39, 0.29) is 0 Å². The van der Waals surface area contributed by atoms with Crippen molar-refractivity contribution < 1.29 is 0 Å². The van der Waals surface area contributed by atoms with Crippen LogP contribution in [-0.2, 0) is 0 Å². The van der Waals surface area contributed by atoms with E-state index < -0.39 is 0 Å². The molecule has 70 valence electrons. The van der Waals surface area contributed by atoms with Gasteiger partial charge in [0.25, 0.3) is 0 Å². The number of hydrogen-bond acceptors (Lipinski definition) is 3. The Labute approximate surface area is 74.8 Å². The molecule has 0 aromatic rings. The van der Waals surface area contributed by atoms with Crippen LogP contribution in [0.5, 0.6) is 0 Å². The Morgan fingerprint density at radius 1 is 1.75 bits per heavy atom. The standard InChI is InChI=1S/C9H19N3/c1-3-4-10-7-9-8-11-5-6-12(9)2/h3,9-11H,1,4-8H2,2H3. The summed E-state index contributed by atoms with van der Waals surface area (Å²) >= 11 is 0.